The van der Waals surface area contributed by atoms with Crippen molar-refractivity contribution in [1.29, 1.82) is 0 Å². The second kappa shape index (κ2) is 5.90. The van der Waals surface area contributed by atoms with Crippen molar-refractivity contribution >= 4 is 5.97 Å². The number of benzene rings is 1. The number of hydrogen-bond acceptors (Lipinski definition) is 5. The first-order chi connectivity index (χ1) is 9.19. The summed E-state index contributed by atoms with van der Waals surface area (Å²) in [5.41, 5.74) is -0.196. The Morgan fingerprint density at radius 1 is 1.32 bits per heavy atom. The summed E-state index contributed by atoms with van der Waals surface area (Å²) in [5, 5.41) is 8.69. The Bertz CT molecular complexity index is 546. The molecule has 0 saturated heterocycles. The first-order valence-electron chi connectivity index (χ1n) is 5.78. The van der Waals surface area contributed by atoms with Gasteiger partial charge in [-0.25, -0.2) is 4.79 Å². The molecule has 0 atom stereocenters. The molecule has 0 saturated carbocycles. The Morgan fingerprint density at radius 2 is 2.00 bits per heavy atom. The molecule has 0 radical (unpaired) electrons. The Labute approximate surface area is 109 Å². The summed E-state index contributed by atoms with van der Waals surface area (Å²) in [7, 11) is 0. The van der Waals surface area contributed by atoms with E-state index in [1.54, 1.807) is 24.3 Å². The van der Waals surface area contributed by atoms with Crippen LogP contribution in [0.15, 0.2) is 34.9 Å². The van der Waals surface area contributed by atoms with Crippen molar-refractivity contribution in [3.05, 3.63) is 36.2 Å². The lowest BCUT2D eigenvalue weighted by Gasteiger charge is -2.05. The van der Waals surface area contributed by atoms with E-state index in [1.807, 2.05) is 6.92 Å². The van der Waals surface area contributed by atoms with E-state index in [1.165, 1.54) is 0 Å². The first kappa shape index (κ1) is 12.9. The second-order valence-electron chi connectivity index (χ2n) is 3.73. The standard InChI is InChI=1S/C13H13NO5/c1-2-7-17-9-3-5-10(6-4-9)19-13-14-11(8-18-13)12(15)16/h3-6,8H,2,7H2,1H3,(H,15,16). The Morgan fingerprint density at radius 3 is 2.58 bits per heavy atom. The maximum absolute atomic E-state index is 10.6. The SMILES string of the molecule is CCCOc1ccc(Oc2nc(C(=O)O)co2)cc1. The van der Waals surface area contributed by atoms with Gasteiger partial charge in [-0.1, -0.05) is 6.92 Å². The highest BCUT2D eigenvalue weighted by Gasteiger charge is 2.11. The first-order valence-corrected chi connectivity index (χ1v) is 5.78. The molecule has 1 aromatic heterocycles. The van der Waals surface area contributed by atoms with E-state index in [4.69, 9.17) is 19.0 Å². The van der Waals surface area contributed by atoms with E-state index in [9.17, 15) is 4.79 Å². The van der Waals surface area contributed by atoms with Crippen LogP contribution in [0.5, 0.6) is 17.6 Å². The minimum Gasteiger partial charge on any atom is -0.494 e. The summed E-state index contributed by atoms with van der Waals surface area (Å²) in [6, 6.07) is 6.89. The van der Waals surface area contributed by atoms with Crippen LogP contribution in [0.25, 0.3) is 0 Å². The highest BCUT2D eigenvalue weighted by Crippen LogP contribution is 2.23. The Kier molecular flexibility index (Phi) is 4.02. The molecular weight excluding hydrogens is 250 g/mol. The molecule has 2 rings (SSSR count). The topological polar surface area (TPSA) is 81.8 Å². The normalized spacial score (nSPS) is 10.2. The molecule has 1 N–H and O–H groups in total. The third-order valence-electron chi connectivity index (χ3n) is 2.20. The van der Waals surface area contributed by atoms with Crippen molar-refractivity contribution in [2.45, 2.75) is 13.3 Å². The summed E-state index contributed by atoms with van der Waals surface area (Å²) in [6.45, 7) is 2.68. The van der Waals surface area contributed by atoms with Crippen molar-refractivity contribution in [1.82, 2.24) is 4.98 Å². The van der Waals surface area contributed by atoms with E-state index in [0.717, 1.165) is 18.4 Å². The number of carbonyl (C=O) groups is 1. The average molecular weight is 263 g/mol. The molecule has 0 aliphatic heterocycles. The molecule has 2 aromatic rings. The fourth-order valence-corrected chi connectivity index (χ4v) is 1.33. The molecule has 0 amide bonds. The van der Waals surface area contributed by atoms with Crippen molar-refractivity contribution in [2.24, 2.45) is 0 Å². The van der Waals surface area contributed by atoms with Crippen LogP contribution < -0.4 is 9.47 Å². The lowest BCUT2D eigenvalue weighted by Crippen LogP contribution is -1.96. The molecule has 0 aliphatic carbocycles. The smallest absolute Gasteiger partial charge is 0.399 e. The monoisotopic (exact) mass is 263 g/mol. The molecule has 0 aliphatic rings. The molecule has 6 heteroatoms. The average Bonchev–Trinajstić information content (AvgIpc) is 2.87. The molecule has 100 valence electrons. The third-order valence-corrected chi connectivity index (χ3v) is 2.20. The van der Waals surface area contributed by atoms with Gasteiger partial charge in [0, 0.05) is 0 Å². The van der Waals surface area contributed by atoms with Crippen LogP contribution in [-0.2, 0) is 0 Å². The van der Waals surface area contributed by atoms with Crippen molar-refractivity contribution < 1.29 is 23.8 Å². The van der Waals surface area contributed by atoms with E-state index < -0.39 is 5.97 Å². The van der Waals surface area contributed by atoms with Gasteiger partial charge in [-0.2, -0.15) is 4.98 Å². The molecule has 0 fully saturated rings. The summed E-state index contributed by atoms with van der Waals surface area (Å²) >= 11 is 0. The summed E-state index contributed by atoms with van der Waals surface area (Å²) in [6.07, 6.45) is 1.85. The molecule has 0 spiro atoms. The van der Waals surface area contributed by atoms with Crippen LogP contribution in [-0.4, -0.2) is 22.7 Å². The summed E-state index contributed by atoms with van der Waals surface area (Å²) in [4.78, 5) is 14.3. The van der Waals surface area contributed by atoms with Gasteiger partial charge in [0.2, 0.25) is 0 Å². The van der Waals surface area contributed by atoms with Crippen molar-refractivity contribution in [3.63, 3.8) is 0 Å². The Hall–Kier alpha value is -2.50. The van der Waals surface area contributed by atoms with E-state index in [-0.39, 0.29) is 11.8 Å². The van der Waals surface area contributed by atoms with Crippen LogP contribution >= 0.6 is 0 Å². The molecule has 0 unspecified atom stereocenters. The summed E-state index contributed by atoms with van der Waals surface area (Å²) in [5.74, 6) is 0.0670. The van der Waals surface area contributed by atoms with Crippen LogP contribution in [0, 0.1) is 0 Å². The lowest BCUT2D eigenvalue weighted by molar-refractivity contribution is 0.0690. The third kappa shape index (κ3) is 3.48. The van der Waals surface area contributed by atoms with Gasteiger partial charge in [0.05, 0.1) is 6.61 Å². The van der Waals surface area contributed by atoms with Gasteiger partial charge in [-0.3, -0.25) is 0 Å². The number of ether oxygens (including phenoxy) is 2. The van der Waals surface area contributed by atoms with Gasteiger partial charge in [-0.05, 0) is 30.7 Å². The van der Waals surface area contributed by atoms with Gasteiger partial charge in [-0.15, -0.1) is 0 Å². The zero-order valence-electron chi connectivity index (χ0n) is 10.3. The predicted molar refractivity (Wildman–Crippen MR) is 65.8 cm³/mol. The number of oxazole rings is 1. The minimum absolute atomic E-state index is 0.111. The molecule has 0 bridgehead atoms. The van der Waals surface area contributed by atoms with Crippen molar-refractivity contribution in [3.8, 4) is 17.6 Å². The lowest BCUT2D eigenvalue weighted by atomic mass is 10.3. The quantitative estimate of drug-likeness (QED) is 0.862. The largest absolute Gasteiger partial charge is 0.494 e. The van der Waals surface area contributed by atoms with E-state index in [0.29, 0.717) is 12.4 Å². The van der Waals surface area contributed by atoms with E-state index >= 15 is 0 Å². The Balaban J connectivity index is 2.00. The molecule has 1 heterocycles. The highest BCUT2D eigenvalue weighted by molar-refractivity contribution is 5.84. The van der Waals surface area contributed by atoms with E-state index in [2.05, 4.69) is 4.98 Å². The number of rotatable bonds is 6. The number of carboxylic acid groups (broad SMARTS) is 1. The summed E-state index contributed by atoms with van der Waals surface area (Å²) < 4.78 is 15.6. The molecule has 19 heavy (non-hydrogen) atoms. The zero-order valence-corrected chi connectivity index (χ0v) is 10.3. The molecular formula is C13H13NO5. The number of aromatic nitrogens is 1. The number of hydrogen-bond donors (Lipinski definition) is 1. The molecule has 6 nitrogen and oxygen atoms in total. The maximum atomic E-state index is 10.6. The predicted octanol–water partition coefficient (Wildman–Crippen LogP) is 2.95. The van der Waals surface area contributed by atoms with Gasteiger partial charge in [0.25, 0.3) is 0 Å². The fourth-order valence-electron chi connectivity index (χ4n) is 1.33. The van der Waals surface area contributed by atoms with Gasteiger partial charge in [0.1, 0.15) is 17.8 Å². The number of nitrogens with zero attached hydrogens (tertiary/aromatic N) is 1. The molecule has 1 aromatic carbocycles. The maximum Gasteiger partial charge on any atom is 0.399 e. The fraction of sp³-hybridized carbons (Fsp3) is 0.231. The zero-order chi connectivity index (χ0) is 13.7. The van der Waals surface area contributed by atoms with Crippen LogP contribution in [0.1, 0.15) is 23.8 Å². The highest BCUT2D eigenvalue weighted by atomic mass is 16.6. The second-order valence-corrected chi connectivity index (χ2v) is 3.73. The van der Waals surface area contributed by atoms with Gasteiger partial charge in [0.15, 0.2) is 5.69 Å². The van der Waals surface area contributed by atoms with Crippen LogP contribution in [0.4, 0.5) is 0 Å². The number of carboxylic acids is 1. The van der Waals surface area contributed by atoms with Gasteiger partial charge >= 0.3 is 12.0 Å². The number of aromatic carboxylic acids is 1. The van der Waals surface area contributed by atoms with Crippen molar-refractivity contribution in [2.75, 3.05) is 6.61 Å². The van der Waals surface area contributed by atoms with Crippen LogP contribution in [0.3, 0.4) is 0 Å². The minimum atomic E-state index is -1.16. The van der Waals surface area contributed by atoms with Crippen LogP contribution in [0.2, 0.25) is 0 Å². The van der Waals surface area contributed by atoms with Gasteiger partial charge < -0.3 is 19.0 Å².